The highest BCUT2D eigenvalue weighted by Gasteiger charge is 2.12. The summed E-state index contributed by atoms with van der Waals surface area (Å²) in [5, 5.41) is 2.08. The molecule has 1 atom stereocenters. The molecular weight excluding hydrogens is 256 g/mol. The summed E-state index contributed by atoms with van der Waals surface area (Å²) >= 11 is 1.76. The largest absolute Gasteiger partial charge is 0.346 e. The molecule has 4 heteroatoms. The van der Waals surface area contributed by atoms with Gasteiger partial charge in [-0.3, -0.25) is 4.79 Å². The lowest BCUT2D eigenvalue weighted by Crippen LogP contribution is -2.34. The number of hydrogen-bond donors (Lipinski definition) is 1. The summed E-state index contributed by atoms with van der Waals surface area (Å²) in [4.78, 5) is 15.1. The van der Waals surface area contributed by atoms with E-state index >= 15 is 0 Å². The van der Waals surface area contributed by atoms with Crippen LogP contribution in [0.4, 0.5) is 0 Å². The number of amides is 1. The Morgan fingerprint density at radius 2 is 2.21 bits per heavy atom. The molecule has 0 spiro atoms. The maximum Gasteiger partial charge on any atom is 0.222 e. The molecule has 1 aromatic heterocycles. The van der Waals surface area contributed by atoms with Crippen molar-refractivity contribution >= 4 is 17.2 Å². The lowest BCUT2D eigenvalue weighted by Gasteiger charge is -2.21. The van der Waals surface area contributed by atoms with E-state index in [1.807, 2.05) is 11.9 Å². The van der Waals surface area contributed by atoms with Gasteiger partial charge in [0.15, 0.2) is 0 Å². The Bertz CT molecular complexity index is 362. The van der Waals surface area contributed by atoms with E-state index in [0.717, 1.165) is 25.8 Å². The van der Waals surface area contributed by atoms with Crippen LogP contribution in [0.25, 0.3) is 0 Å². The van der Waals surface area contributed by atoms with E-state index < -0.39 is 0 Å². The topological polar surface area (TPSA) is 46.3 Å². The summed E-state index contributed by atoms with van der Waals surface area (Å²) in [7, 11) is 1.88. The minimum atomic E-state index is 0.182. The molecule has 1 rings (SSSR count). The summed E-state index contributed by atoms with van der Waals surface area (Å²) in [5.74, 6) is 0.704. The average Bonchev–Trinajstić information content (AvgIpc) is 2.88. The molecule has 0 aliphatic carbocycles. The van der Waals surface area contributed by atoms with Crippen LogP contribution in [-0.2, 0) is 11.2 Å². The van der Waals surface area contributed by atoms with Gasteiger partial charge < -0.3 is 10.6 Å². The molecule has 0 radical (unpaired) electrons. The first-order chi connectivity index (χ1) is 9.00. The van der Waals surface area contributed by atoms with Crippen molar-refractivity contribution in [1.29, 1.82) is 0 Å². The minimum absolute atomic E-state index is 0.182. The van der Waals surface area contributed by atoms with Gasteiger partial charge in [-0.2, -0.15) is 0 Å². The van der Waals surface area contributed by atoms with Crippen molar-refractivity contribution in [3.63, 3.8) is 0 Å². The summed E-state index contributed by atoms with van der Waals surface area (Å²) in [6.45, 7) is 5.00. The van der Waals surface area contributed by atoms with Gasteiger partial charge in [0, 0.05) is 30.9 Å². The van der Waals surface area contributed by atoms with Crippen LogP contribution < -0.4 is 5.73 Å². The molecule has 3 nitrogen and oxygen atoms in total. The Labute approximate surface area is 120 Å². The lowest BCUT2D eigenvalue weighted by molar-refractivity contribution is -0.130. The molecule has 1 heterocycles. The van der Waals surface area contributed by atoms with E-state index in [1.54, 1.807) is 11.3 Å². The highest BCUT2D eigenvalue weighted by Crippen LogP contribution is 2.12. The minimum Gasteiger partial charge on any atom is -0.346 e. The second-order valence-corrected chi connectivity index (χ2v) is 6.48. The average molecular weight is 282 g/mol. The predicted molar refractivity (Wildman–Crippen MR) is 82.3 cm³/mol. The van der Waals surface area contributed by atoms with Gasteiger partial charge in [0.2, 0.25) is 5.91 Å². The van der Waals surface area contributed by atoms with Gasteiger partial charge in [-0.25, -0.2) is 0 Å². The number of carbonyl (C=O) groups excluding carboxylic acids is 1. The molecule has 0 fully saturated rings. The van der Waals surface area contributed by atoms with Crippen LogP contribution in [0.1, 0.15) is 38.0 Å². The highest BCUT2D eigenvalue weighted by atomic mass is 32.1. The lowest BCUT2D eigenvalue weighted by atomic mass is 10.0. The first kappa shape index (κ1) is 16.2. The van der Waals surface area contributed by atoms with Crippen molar-refractivity contribution in [2.24, 2.45) is 11.7 Å². The van der Waals surface area contributed by atoms with Crippen LogP contribution in [-0.4, -0.2) is 30.4 Å². The smallest absolute Gasteiger partial charge is 0.222 e. The maximum absolute atomic E-state index is 11.9. The van der Waals surface area contributed by atoms with Gasteiger partial charge in [0.05, 0.1) is 0 Å². The van der Waals surface area contributed by atoms with Crippen molar-refractivity contribution in [3.8, 4) is 0 Å². The summed E-state index contributed by atoms with van der Waals surface area (Å²) in [5.41, 5.74) is 5.99. The Balaban J connectivity index is 2.17. The number of hydrogen-bond acceptors (Lipinski definition) is 3. The molecule has 1 unspecified atom stereocenters. The van der Waals surface area contributed by atoms with Crippen molar-refractivity contribution in [1.82, 2.24) is 4.90 Å². The molecule has 2 N–H and O–H groups in total. The molecule has 0 aromatic carbocycles. The van der Waals surface area contributed by atoms with E-state index in [0.29, 0.717) is 12.3 Å². The van der Waals surface area contributed by atoms with Crippen LogP contribution in [0.3, 0.4) is 0 Å². The standard InChI is InChI=1S/C15H26N2OS/c1-12(2)14(16)9-10-17(3)15(18)8-4-6-13-7-5-11-19-13/h5,7,11-12,14H,4,6,8-10,16H2,1-3H3. The third-order valence-electron chi connectivity index (χ3n) is 3.47. The Kier molecular flexibility index (Phi) is 7.10. The van der Waals surface area contributed by atoms with Gasteiger partial charge in [-0.05, 0) is 36.6 Å². The number of carbonyl (C=O) groups is 1. The molecular formula is C15H26N2OS. The molecule has 0 bridgehead atoms. The zero-order chi connectivity index (χ0) is 14.3. The first-order valence-electron chi connectivity index (χ1n) is 7.02. The number of nitrogens with zero attached hydrogens (tertiary/aromatic N) is 1. The molecule has 19 heavy (non-hydrogen) atoms. The number of aryl methyl sites for hydroxylation is 1. The number of nitrogens with two attached hydrogens (primary N) is 1. The predicted octanol–water partition coefficient (Wildman–Crippen LogP) is 2.90. The molecule has 0 aliphatic heterocycles. The van der Waals surface area contributed by atoms with Crippen molar-refractivity contribution < 1.29 is 4.79 Å². The zero-order valence-corrected chi connectivity index (χ0v) is 13.1. The van der Waals surface area contributed by atoms with E-state index in [-0.39, 0.29) is 11.9 Å². The normalized spacial score (nSPS) is 12.7. The second kappa shape index (κ2) is 8.33. The van der Waals surface area contributed by atoms with E-state index in [4.69, 9.17) is 5.73 Å². The van der Waals surface area contributed by atoms with Crippen molar-refractivity contribution in [2.75, 3.05) is 13.6 Å². The molecule has 108 valence electrons. The van der Waals surface area contributed by atoms with E-state index in [1.165, 1.54) is 4.88 Å². The van der Waals surface area contributed by atoms with Gasteiger partial charge in [-0.15, -0.1) is 11.3 Å². The zero-order valence-electron chi connectivity index (χ0n) is 12.3. The van der Waals surface area contributed by atoms with Crippen LogP contribution in [0.15, 0.2) is 17.5 Å². The quantitative estimate of drug-likeness (QED) is 0.797. The molecule has 0 aliphatic rings. The Morgan fingerprint density at radius 1 is 1.47 bits per heavy atom. The number of rotatable bonds is 8. The maximum atomic E-state index is 11.9. The molecule has 1 amide bonds. The highest BCUT2D eigenvalue weighted by molar-refractivity contribution is 7.09. The molecule has 1 aromatic rings. The fraction of sp³-hybridized carbons (Fsp3) is 0.667. The fourth-order valence-electron chi connectivity index (χ4n) is 1.86. The van der Waals surface area contributed by atoms with Gasteiger partial charge in [0.1, 0.15) is 0 Å². The van der Waals surface area contributed by atoms with Crippen LogP contribution in [0.5, 0.6) is 0 Å². The van der Waals surface area contributed by atoms with Crippen LogP contribution >= 0.6 is 11.3 Å². The summed E-state index contributed by atoms with van der Waals surface area (Å²) < 4.78 is 0. The first-order valence-corrected chi connectivity index (χ1v) is 7.90. The monoisotopic (exact) mass is 282 g/mol. The third-order valence-corrected chi connectivity index (χ3v) is 4.41. The van der Waals surface area contributed by atoms with E-state index in [9.17, 15) is 4.79 Å². The summed E-state index contributed by atoms with van der Waals surface area (Å²) in [6.07, 6.45) is 3.44. The number of thiophene rings is 1. The van der Waals surface area contributed by atoms with Crippen molar-refractivity contribution in [3.05, 3.63) is 22.4 Å². The van der Waals surface area contributed by atoms with Crippen LogP contribution in [0, 0.1) is 5.92 Å². The second-order valence-electron chi connectivity index (χ2n) is 5.44. The summed E-state index contributed by atoms with van der Waals surface area (Å²) in [6, 6.07) is 4.36. The Morgan fingerprint density at radius 3 is 2.79 bits per heavy atom. The SMILES string of the molecule is CC(C)C(N)CCN(C)C(=O)CCCc1cccs1. The molecule has 0 saturated carbocycles. The van der Waals surface area contributed by atoms with E-state index in [2.05, 4.69) is 31.4 Å². The molecule has 0 saturated heterocycles. The van der Waals surface area contributed by atoms with Gasteiger partial charge in [0.25, 0.3) is 0 Å². The van der Waals surface area contributed by atoms with Gasteiger partial charge >= 0.3 is 0 Å². The Hall–Kier alpha value is -0.870. The third kappa shape index (κ3) is 6.21. The van der Waals surface area contributed by atoms with Crippen LogP contribution in [0.2, 0.25) is 0 Å². The van der Waals surface area contributed by atoms with Crippen molar-refractivity contribution in [2.45, 2.75) is 45.6 Å². The van der Waals surface area contributed by atoms with Gasteiger partial charge in [-0.1, -0.05) is 19.9 Å². The fourth-order valence-corrected chi connectivity index (χ4v) is 2.61.